The fourth-order valence-electron chi connectivity index (χ4n) is 5.86. The van der Waals surface area contributed by atoms with Gasteiger partial charge in [0, 0.05) is 30.8 Å². The van der Waals surface area contributed by atoms with Gasteiger partial charge in [0.15, 0.2) is 5.78 Å². The number of imide groups is 1. The molecule has 3 aliphatic rings. The predicted molar refractivity (Wildman–Crippen MR) is 138 cm³/mol. The van der Waals surface area contributed by atoms with E-state index in [9.17, 15) is 29.3 Å². The summed E-state index contributed by atoms with van der Waals surface area (Å²) in [6, 6.07) is 17.3. The Balaban J connectivity index is 1.42. The molecule has 10 nitrogen and oxygen atoms in total. The van der Waals surface area contributed by atoms with E-state index >= 15 is 0 Å². The summed E-state index contributed by atoms with van der Waals surface area (Å²) in [6.07, 6.45) is 3.60. The lowest BCUT2D eigenvalue weighted by atomic mass is 9.83. The van der Waals surface area contributed by atoms with Crippen molar-refractivity contribution in [1.82, 2.24) is 4.90 Å². The van der Waals surface area contributed by atoms with Crippen molar-refractivity contribution in [1.29, 1.82) is 0 Å². The van der Waals surface area contributed by atoms with E-state index < -0.39 is 52.4 Å². The van der Waals surface area contributed by atoms with Crippen LogP contribution in [0, 0.1) is 22.0 Å². The third kappa shape index (κ3) is 3.80. The number of benzene rings is 3. The van der Waals surface area contributed by atoms with Crippen molar-refractivity contribution in [3.05, 3.63) is 106 Å². The lowest BCUT2D eigenvalue weighted by Crippen LogP contribution is -2.44. The predicted octanol–water partition coefficient (Wildman–Crippen LogP) is 3.92. The molecule has 0 spiro atoms. The van der Waals surface area contributed by atoms with Gasteiger partial charge in [0.1, 0.15) is 11.8 Å². The lowest BCUT2D eigenvalue weighted by Gasteiger charge is -2.35. The number of nitro benzene ring substituents is 1. The zero-order valence-electron chi connectivity index (χ0n) is 20.6. The fraction of sp³-hybridized carbons (Fsp3) is 0.172. The van der Waals surface area contributed by atoms with Crippen molar-refractivity contribution in [2.45, 2.75) is 19.0 Å². The van der Waals surface area contributed by atoms with Crippen LogP contribution in [0.5, 0.6) is 5.75 Å². The Morgan fingerprint density at radius 2 is 1.56 bits per heavy atom. The molecular weight excluding hydrogens is 502 g/mol. The molecule has 0 bridgehead atoms. The molecule has 0 aromatic heterocycles. The van der Waals surface area contributed by atoms with Gasteiger partial charge >= 0.3 is 5.97 Å². The molecule has 3 aliphatic heterocycles. The zero-order chi connectivity index (χ0) is 27.4. The Morgan fingerprint density at radius 1 is 0.897 bits per heavy atom. The average Bonchev–Trinajstić information content (AvgIpc) is 3.41. The van der Waals surface area contributed by atoms with Crippen LogP contribution in [0.4, 0.5) is 11.4 Å². The van der Waals surface area contributed by atoms with Gasteiger partial charge in [0.05, 0.1) is 28.5 Å². The highest BCUT2D eigenvalue weighted by Crippen LogP contribution is 2.53. The molecule has 10 heteroatoms. The number of carbonyl (C=O) groups is 4. The highest BCUT2D eigenvalue weighted by molar-refractivity contribution is 6.24. The molecule has 2 fully saturated rings. The molecule has 3 aromatic carbocycles. The minimum absolute atomic E-state index is 0.156. The molecule has 2 saturated heterocycles. The first-order valence-electron chi connectivity index (χ1n) is 12.3. The summed E-state index contributed by atoms with van der Waals surface area (Å²) in [4.78, 5) is 66.5. The van der Waals surface area contributed by atoms with E-state index in [-0.39, 0.29) is 17.0 Å². The number of rotatable bonds is 5. The number of nitrogens with zero attached hydrogens (tertiary/aromatic N) is 3. The van der Waals surface area contributed by atoms with Crippen molar-refractivity contribution in [3.8, 4) is 5.75 Å². The molecular formula is C29H21N3O7. The number of ketones is 1. The molecule has 0 saturated carbocycles. The van der Waals surface area contributed by atoms with Crippen LogP contribution < -0.4 is 9.64 Å². The highest BCUT2D eigenvalue weighted by atomic mass is 16.6. The molecule has 6 rings (SSSR count). The molecule has 3 aromatic rings. The van der Waals surface area contributed by atoms with Gasteiger partial charge in [-0.15, -0.1) is 0 Å². The second kappa shape index (κ2) is 9.02. The van der Waals surface area contributed by atoms with Gasteiger partial charge in [-0.3, -0.25) is 29.3 Å². The second-order valence-corrected chi connectivity index (χ2v) is 9.60. The van der Waals surface area contributed by atoms with Gasteiger partial charge < -0.3 is 9.64 Å². The summed E-state index contributed by atoms with van der Waals surface area (Å²) >= 11 is 0. The van der Waals surface area contributed by atoms with Crippen molar-refractivity contribution in [2.24, 2.45) is 11.8 Å². The quantitative estimate of drug-likeness (QED) is 0.123. The maximum absolute atomic E-state index is 13.9. The van der Waals surface area contributed by atoms with E-state index in [2.05, 4.69) is 0 Å². The average molecular weight is 524 g/mol. The number of hydrogen-bond acceptors (Lipinski definition) is 8. The van der Waals surface area contributed by atoms with Gasteiger partial charge in [-0.25, -0.2) is 4.90 Å². The Morgan fingerprint density at radius 3 is 2.23 bits per heavy atom. The second-order valence-electron chi connectivity index (χ2n) is 9.60. The summed E-state index contributed by atoms with van der Waals surface area (Å²) in [7, 11) is 0. The van der Waals surface area contributed by atoms with E-state index in [1.165, 1.54) is 55.5 Å². The van der Waals surface area contributed by atoms with Crippen molar-refractivity contribution < 1.29 is 28.8 Å². The molecule has 39 heavy (non-hydrogen) atoms. The maximum atomic E-state index is 13.9. The number of non-ortho nitro benzene ring substituents is 1. The van der Waals surface area contributed by atoms with Crippen LogP contribution >= 0.6 is 0 Å². The molecule has 0 aliphatic carbocycles. The number of nitro groups is 1. The van der Waals surface area contributed by atoms with Crippen LogP contribution in [0.15, 0.2) is 79.0 Å². The SMILES string of the molecule is CC(=O)Oc1ccc(N2C(=O)C3C(C2=O)C2c4ccccc4C=CN2C3C(=O)c2ccc([N+](=O)[O-])cc2)cc1. The van der Waals surface area contributed by atoms with E-state index in [1.54, 1.807) is 11.1 Å². The molecule has 4 unspecified atom stereocenters. The summed E-state index contributed by atoms with van der Waals surface area (Å²) in [5, 5.41) is 11.1. The minimum Gasteiger partial charge on any atom is -0.427 e. The Kier molecular flexibility index (Phi) is 5.60. The van der Waals surface area contributed by atoms with Gasteiger partial charge in [-0.05, 0) is 53.6 Å². The molecule has 3 heterocycles. The van der Waals surface area contributed by atoms with Crippen LogP contribution in [-0.4, -0.2) is 39.4 Å². The van der Waals surface area contributed by atoms with Gasteiger partial charge in [-0.1, -0.05) is 24.3 Å². The topological polar surface area (TPSA) is 127 Å². The molecule has 4 atom stereocenters. The van der Waals surface area contributed by atoms with E-state index in [0.717, 1.165) is 16.0 Å². The number of fused-ring (bicyclic) bond motifs is 5. The first-order valence-corrected chi connectivity index (χ1v) is 12.3. The van der Waals surface area contributed by atoms with Gasteiger partial charge in [0.25, 0.3) is 5.69 Å². The van der Waals surface area contributed by atoms with Crippen molar-refractivity contribution in [2.75, 3.05) is 4.90 Å². The third-order valence-electron chi connectivity index (χ3n) is 7.45. The molecule has 194 valence electrons. The largest absolute Gasteiger partial charge is 0.427 e. The maximum Gasteiger partial charge on any atom is 0.308 e. The van der Waals surface area contributed by atoms with Crippen molar-refractivity contribution >= 4 is 41.0 Å². The van der Waals surface area contributed by atoms with E-state index in [0.29, 0.717) is 5.69 Å². The Bertz CT molecular complexity index is 1580. The number of esters is 1. The molecule has 0 N–H and O–H groups in total. The lowest BCUT2D eigenvalue weighted by molar-refractivity contribution is -0.384. The standard InChI is InChI=1S/C29H21N3O7/c1-16(33)39-21-12-10-19(11-13-21)31-28(35)23-24(29(31)36)26(27(34)18-6-8-20(9-7-18)32(37)38)30-15-14-17-4-2-3-5-22(17)25(23)30/h2-15,23-26H,1H3. The minimum atomic E-state index is -0.993. The fourth-order valence-corrected chi connectivity index (χ4v) is 5.86. The van der Waals surface area contributed by atoms with Crippen LogP contribution in [0.2, 0.25) is 0 Å². The number of anilines is 1. The summed E-state index contributed by atoms with van der Waals surface area (Å²) in [6.45, 7) is 1.27. The summed E-state index contributed by atoms with van der Waals surface area (Å²) < 4.78 is 5.06. The number of Topliss-reactive ketones (excluding diaryl/α,β-unsaturated/α-hetero) is 1. The van der Waals surface area contributed by atoms with Gasteiger partial charge in [0.2, 0.25) is 11.8 Å². The number of hydrogen-bond donors (Lipinski definition) is 0. The van der Waals surface area contributed by atoms with Crippen LogP contribution in [0.1, 0.15) is 34.5 Å². The zero-order valence-corrected chi connectivity index (χ0v) is 20.6. The normalized spacial score (nSPS) is 22.8. The van der Waals surface area contributed by atoms with E-state index in [4.69, 9.17) is 4.74 Å². The number of amides is 2. The molecule has 2 amide bonds. The van der Waals surface area contributed by atoms with Crippen LogP contribution in [0.3, 0.4) is 0 Å². The monoisotopic (exact) mass is 523 g/mol. The summed E-state index contributed by atoms with van der Waals surface area (Å²) in [5.41, 5.74) is 2.09. The number of ether oxygens (including phenoxy) is 1. The summed E-state index contributed by atoms with van der Waals surface area (Å²) in [5.74, 6) is -3.37. The first-order chi connectivity index (χ1) is 18.8. The highest BCUT2D eigenvalue weighted by Gasteiger charge is 2.64. The van der Waals surface area contributed by atoms with Crippen LogP contribution in [-0.2, 0) is 14.4 Å². The Labute approximate surface area is 222 Å². The Hall–Kier alpha value is -5.12. The van der Waals surface area contributed by atoms with Gasteiger partial charge in [-0.2, -0.15) is 0 Å². The number of carbonyl (C=O) groups excluding carboxylic acids is 4. The smallest absolute Gasteiger partial charge is 0.308 e. The first kappa shape index (κ1) is 24.2. The van der Waals surface area contributed by atoms with E-state index in [1.807, 2.05) is 30.3 Å². The van der Waals surface area contributed by atoms with Crippen molar-refractivity contribution in [3.63, 3.8) is 0 Å². The third-order valence-corrected chi connectivity index (χ3v) is 7.45. The van der Waals surface area contributed by atoms with Crippen LogP contribution in [0.25, 0.3) is 6.08 Å². The molecule has 0 radical (unpaired) electrons.